The maximum Gasteiger partial charge on any atom is 0.273 e. The topological polar surface area (TPSA) is 91.9 Å². The molecule has 0 radical (unpaired) electrons. The van der Waals surface area contributed by atoms with Crippen LogP contribution in [0.4, 0.5) is 0 Å². The number of aromatic amines is 1. The van der Waals surface area contributed by atoms with Crippen LogP contribution in [-0.2, 0) is 9.05 Å². The number of nitrogens with zero attached hydrogens (tertiary/aromatic N) is 1. The van der Waals surface area contributed by atoms with Gasteiger partial charge in [0.25, 0.3) is 15.0 Å². The molecule has 6 nitrogen and oxygen atoms in total. The Morgan fingerprint density at radius 1 is 1.50 bits per heavy atom. The molecule has 2 atom stereocenters. The Hall–Kier alpha value is -1.08. The number of hydrogen-bond donors (Lipinski definition) is 2. The van der Waals surface area contributed by atoms with Crippen LogP contribution < -0.4 is 5.32 Å². The van der Waals surface area contributed by atoms with Crippen LogP contribution in [0.15, 0.2) is 4.90 Å². The lowest BCUT2D eigenvalue weighted by atomic mass is 10.2. The summed E-state index contributed by atoms with van der Waals surface area (Å²) in [5.74, 6) is 0.141. The molecule has 2 fully saturated rings. The highest BCUT2D eigenvalue weighted by Gasteiger charge is 2.40. The molecule has 0 saturated heterocycles. The smallest absolute Gasteiger partial charge is 0.273 e. The van der Waals surface area contributed by atoms with E-state index < -0.39 is 15.0 Å². The average molecular weight is 318 g/mol. The Bertz CT molecular complexity index is 651. The molecular formula is C12H16ClN3O3S. The van der Waals surface area contributed by atoms with Gasteiger partial charge in [0.15, 0.2) is 5.69 Å². The molecule has 2 saturated carbocycles. The van der Waals surface area contributed by atoms with E-state index in [1.54, 1.807) is 0 Å². The zero-order valence-electron chi connectivity index (χ0n) is 11.0. The zero-order chi connectivity index (χ0) is 14.5. The van der Waals surface area contributed by atoms with E-state index in [0.29, 0.717) is 11.6 Å². The second-order valence-corrected chi connectivity index (χ2v) is 8.01. The van der Waals surface area contributed by atoms with Crippen LogP contribution in [0.5, 0.6) is 0 Å². The fraction of sp³-hybridized carbons (Fsp3) is 0.667. The van der Waals surface area contributed by atoms with Crippen LogP contribution in [0.2, 0.25) is 0 Å². The molecule has 0 bridgehead atoms. The monoisotopic (exact) mass is 317 g/mol. The molecule has 3 rings (SSSR count). The van der Waals surface area contributed by atoms with Gasteiger partial charge in [-0.1, -0.05) is 13.3 Å². The van der Waals surface area contributed by atoms with Gasteiger partial charge in [-0.2, -0.15) is 5.10 Å². The maximum atomic E-state index is 12.2. The van der Waals surface area contributed by atoms with Crippen LogP contribution in [0.1, 0.15) is 54.7 Å². The van der Waals surface area contributed by atoms with E-state index in [0.717, 1.165) is 25.7 Å². The number of carbonyl (C=O) groups is 1. The number of halogens is 1. The highest BCUT2D eigenvalue weighted by atomic mass is 35.7. The van der Waals surface area contributed by atoms with Crippen molar-refractivity contribution in [3.05, 3.63) is 11.4 Å². The molecular weight excluding hydrogens is 302 g/mol. The summed E-state index contributed by atoms with van der Waals surface area (Å²) in [5.41, 5.74) is 0.358. The Morgan fingerprint density at radius 2 is 2.20 bits per heavy atom. The van der Waals surface area contributed by atoms with Gasteiger partial charge in [-0.25, -0.2) is 8.42 Å². The van der Waals surface area contributed by atoms with E-state index in [1.807, 2.05) is 0 Å². The third-order valence-electron chi connectivity index (χ3n) is 3.96. The first kappa shape index (κ1) is 13.9. The van der Waals surface area contributed by atoms with Crippen molar-refractivity contribution in [2.24, 2.45) is 5.92 Å². The van der Waals surface area contributed by atoms with E-state index in [2.05, 4.69) is 22.4 Å². The van der Waals surface area contributed by atoms with Crippen LogP contribution in [0, 0.1) is 5.92 Å². The Morgan fingerprint density at radius 3 is 2.70 bits per heavy atom. The maximum absolute atomic E-state index is 12.2. The lowest BCUT2D eigenvalue weighted by molar-refractivity contribution is 0.0940. The minimum Gasteiger partial charge on any atom is -0.348 e. The van der Waals surface area contributed by atoms with Gasteiger partial charge in [-0.05, 0) is 25.2 Å². The molecule has 2 aliphatic rings. The summed E-state index contributed by atoms with van der Waals surface area (Å²) in [5, 5.41) is 9.35. The molecule has 1 aromatic rings. The summed E-state index contributed by atoms with van der Waals surface area (Å²) in [7, 11) is 1.48. The summed E-state index contributed by atoms with van der Waals surface area (Å²) < 4.78 is 23.4. The minimum absolute atomic E-state index is 0.108. The third-order valence-corrected chi connectivity index (χ3v) is 5.32. The first-order valence-corrected chi connectivity index (χ1v) is 9.06. The fourth-order valence-electron chi connectivity index (χ4n) is 2.51. The van der Waals surface area contributed by atoms with Gasteiger partial charge < -0.3 is 5.32 Å². The Kier molecular flexibility index (Phi) is 3.29. The van der Waals surface area contributed by atoms with Crippen molar-refractivity contribution in [2.75, 3.05) is 0 Å². The standard InChI is InChI=1S/C12H16ClN3O3S/c1-2-6-5-8(6)14-12(17)10-11(20(13,18)19)9(15-16-10)7-3-4-7/h6-8H,2-5H2,1H3,(H,14,17)(H,15,16). The summed E-state index contributed by atoms with van der Waals surface area (Å²) >= 11 is 0. The average Bonchev–Trinajstić information content (AvgIpc) is 3.27. The lowest BCUT2D eigenvalue weighted by Crippen LogP contribution is -2.28. The molecule has 1 amide bonds. The quantitative estimate of drug-likeness (QED) is 0.809. The molecule has 8 heteroatoms. The molecule has 2 unspecified atom stereocenters. The second-order valence-electron chi connectivity index (χ2n) is 5.51. The van der Waals surface area contributed by atoms with Crippen molar-refractivity contribution < 1.29 is 13.2 Å². The van der Waals surface area contributed by atoms with E-state index >= 15 is 0 Å². The minimum atomic E-state index is -3.99. The SMILES string of the molecule is CCC1CC1NC(=O)c1n[nH]c(C2CC2)c1S(=O)(=O)Cl. The number of rotatable bonds is 5. The van der Waals surface area contributed by atoms with E-state index in [9.17, 15) is 13.2 Å². The molecule has 110 valence electrons. The first-order valence-electron chi connectivity index (χ1n) is 6.75. The van der Waals surface area contributed by atoms with E-state index in [1.165, 1.54) is 0 Å². The van der Waals surface area contributed by atoms with Gasteiger partial charge in [0, 0.05) is 22.6 Å². The molecule has 20 heavy (non-hydrogen) atoms. The molecule has 1 heterocycles. The summed E-state index contributed by atoms with van der Waals surface area (Å²) in [6.45, 7) is 2.06. The fourth-order valence-corrected chi connectivity index (χ4v) is 3.82. The predicted molar refractivity (Wildman–Crippen MR) is 73.3 cm³/mol. The second kappa shape index (κ2) is 4.73. The number of H-pyrrole nitrogens is 1. The van der Waals surface area contributed by atoms with Crippen LogP contribution >= 0.6 is 10.7 Å². The van der Waals surface area contributed by atoms with Crippen molar-refractivity contribution >= 4 is 25.6 Å². The first-order chi connectivity index (χ1) is 9.41. The van der Waals surface area contributed by atoms with Gasteiger partial charge in [0.05, 0.1) is 5.69 Å². The summed E-state index contributed by atoms with van der Waals surface area (Å²) in [4.78, 5) is 12.0. The van der Waals surface area contributed by atoms with Gasteiger partial charge >= 0.3 is 0 Å². The van der Waals surface area contributed by atoms with Gasteiger partial charge in [0.1, 0.15) is 4.90 Å². The van der Waals surface area contributed by atoms with Gasteiger partial charge in [-0.3, -0.25) is 9.89 Å². The Labute approximate surface area is 121 Å². The molecule has 0 aliphatic heterocycles. The normalized spacial score (nSPS) is 25.5. The van der Waals surface area contributed by atoms with Crippen LogP contribution in [0.3, 0.4) is 0 Å². The Balaban J connectivity index is 1.87. The molecule has 0 aromatic carbocycles. The molecule has 1 aromatic heterocycles. The number of hydrogen-bond acceptors (Lipinski definition) is 4. The van der Waals surface area contributed by atoms with Crippen molar-refractivity contribution in [1.29, 1.82) is 0 Å². The summed E-state index contributed by atoms with van der Waals surface area (Å²) in [6.07, 6.45) is 3.72. The largest absolute Gasteiger partial charge is 0.348 e. The van der Waals surface area contributed by atoms with Gasteiger partial charge in [0.2, 0.25) is 0 Å². The molecule has 2 aliphatic carbocycles. The highest BCUT2D eigenvalue weighted by Crippen LogP contribution is 2.43. The number of carbonyl (C=O) groups excluding carboxylic acids is 1. The summed E-state index contributed by atoms with van der Waals surface area (Å²) in [6, 6.07) is 0.124. The van der Waals surface area contributed by atoms with Crippen LogP contribution in [-0.4, -0.2) is 30.6 Å². The molecule has 2 N–H and O–H groups in total. The zero-order valence-corrected chi connectivity index (χ0v) is 12.6. The molecule has 0 spiro atoms. The number of nitrogens with one attached hydrogen (secondary N) is 2. The highest BCUT2D eigenvalue weighted by molar-refractivity contribution is 8.13. The van der Waals surface area contributed by atoms with Crippen molar-refractivity contribution in [3.8, 4) is 0 Å². The number of amides is 1. The van der Waals surface area contributed by atoms with Crippen molar-refractivity contribution in [2.45, 2.75) is 49.5 Å². The third kappa shape index (κ3) is 2.56. The van der Waals surface area contributed by atoms with Crippen LogP contribution in [0.25, 0.3) is 0 Å². The van der Waals surface area contributed by atoms with Gasteiger partial charge in [-0.15, -0.1) is 0 Å². The van der Waals surface area contributed by atoms with E-state index in [-0.39, 0.29) is 22.5 Å². The lowest BCUT2D eigenvalue weighted by Gasteiger charge is -2.03. The van der Waals surface area contributed by atoms with E-state index in [4.69, 9.17) is 10.7 Å². The van der Waals surface area contributed by atoms with Crippen molar-refractivity contribution in [1.82, 2.24) is 15.5 Å². The predicted octanol–water partition coefficient (Wildman–Crippen LogP) is 1.74. The van der Waals surface area contributed by atoms with Crippen molar-refractivity contribution in [3.63, 3.8) is 0 Å². The number of aromatic nitrogens is 2.